The molecule has 2 aromatic rings. The van der Waals surface area contributed by atoms with Crippen LogP contribution in [0.3, 0.4) is 0 Å². The van der Waals surface area contributed by atoms with Crippen LogP contribution in [0.4, 0.5) is 0 Å². The Morgan fingerprint density at radius 3 is 2.72 bits per heavy atom. The fourth-order valence-corrected chi connectivity index (χ4v) is 2.01. The number of halogens is 1. The van der Waals surface area contributed by atoms with Gasteiger partial charge in [-0.05, 0) is 28.4 Å². The minimum absolute atomic E-state index is 0.306. The van der Waals surface area contributed by atoms with Crippen molar-refractivity contribution in [3.05, 3.63) is 52.8 Å². The molecule has 94 valence electrons. The maximum absolute atomic E-state index is 12.1. The van der Waals surface area contributed by atoms with Crippen LogP contribution in [0, 0.1) is 0 Å². The molecule has 0 aliphatic carbocycles. The highest BCUT2D eigenvalue weighted by Crippen LogP contribution is 2.21. The number of hydrogen-bond donors (Lipinski definition) is 0. The maximum atomic E-state index is 12.1. The van der Waals surface area contributed by atoms with E-state index in [-0.39, 0.29) is 5.97 Å². The topological polar surface area (TPSA) is 44.1 Å². The summed E-state index contributed by atoms with van der Waals surface area (Å²) in [5.41, 5.74) is 0.853. The van der Waals surface area contributed by atoms with E-state index in [1.54, 1.807) is 24.0 Å². The molecule has 5 heteroatoms. The van der Waals surface area contributed by atoms with Crippen LogP contribution >= 0.6 is 15.9 Å². The van der Waals surface area contributed by atoms with Crippen LogP contribution in [0.5, 0.6) is 0 Å². The largest absolute Gasteiger partial charge is 0.464 e. The van der Waals surface area contributed by atoms with Gasteiger partial charge in [0, 0.05) is 6.20 Å². The Hall–Kier alpha value is -1.62. The van der Waals surface area contributed by atoms with E-state index >= 15 is 0 Å². The number of esters is 1. The second-order valence-electron chi connectivity index (χ2n) is 3.70. The Balaban J connectivity index is 2.38. The van der Waals surface area contributed by atoms with Gasteiger partial charge in [0.2, 0.25) is 0 Å². The van der Waals surface area contributed by atoms with Gasteiger partial charge in [-0.15, -0.1) is 0 Å². The van der Waals surface area contributed by atoms with Crippen LogP contribution in [0.1, 0.15) is 18.5 Å². The average molecular weight is 309 g/mol. The second kappa shape index (κ2) is 5.82. The Morgan fingerprint density at radius 2 is 2.17 bits per heavy atom. The minimum Gasteiger partial charge on any atom is -0.464 e. The predicted octanol–water partition coefficient (Wildman–Crippen LogP) is 2.80. The summed E-state index contributed by atoms with van der Waals surface area (Å²) in [6, 6.07) is 8.91. The highest BCUT2D eigenvalue weighted by atomic mass is 79.9. The van der Waals surface area contributed by atoms with Gasteiger partial charge in [0.15, 0.2) is 6.04 Å². The molecule has 1 heterocycles. The third-order valence-corrected chi connectivity index (χ3v) is 2.87. The number of carbonyl (C=O) groups is 1. The Morgan fingerprint density at radius 1 is 1.44 bits per heavy atom. The zero-order chi connectivity index (χ0) is 13.0. The summed E-state index contributed by atoms with van der Waals surface area (Å²) in [6.07, 6.45) is 3.41. The number of hydrogen-bond acceptors (Lipinski definition) is 3. The normalized spacial score (nSPS) is 12.1. The molecule has 0 aliphatic heterocycles. The van der Waals surface area contributed by atoms with Crippen LogP contribution < -0.4 is 0 Å². The lowest BCUT2D eigenvalue weighted by Crippen LogP contribution is -2.23. The molecule has 0 bridgehead atoms. The summed E-state index contributed by atoms with van der Waals surface area (Å²) in [6.45, 7) is 2.14. The number of ether oxygens (including phenoxy) is 1. The van der Waals surface area contributed by atoms with Crippen molar-refractivity contribution >= 4 is 21.9 Å². The summed E-state index contributed by atoms with van der Waals surface area (Å²) in [5, 5.41) is 4.16. The SMILES string of the molecule is CCOC(=O)C(c1ccccc1)n1cc(Br)cn1. The molecule has 0 saturated heterocycles. The van der Waals surface area contributed by atoms with Crippen molar-refractivity contribution in [2.75, 3.05) is 6.61 Å². The summed E-state index contributed by atoms with van der Waals surface area (Å²) in [7, 11) is 0. The fraction of sp³-hybridized carbons (Fsp3) is 0.231. The van der Waals surface area contributed by atoms with Crippen molar-refractivity contribution in [1.29, 1.82) is 0 Å². The standard InChI is InChI=1S/C13H13BrN2O2/c1-2-18-13(17)12(10-6-4-3-5-7-10)16-9-11(14)8-15-16/h3-9,12H,2H2,1H3. The van der Waals surface area contributed by atoms with Crippen molar-refractivity contribution < 1.29 is 9.53 Å². The summed E-state index contributed by atoms with van der Waals surface area (Å²) in [4.78, 5) is 12.1. The zero-order valence-corrected chi connectivity index (χ0v) is 11.5. The Kier molecular flexibility index (Phi) is 4.15. The van der Waals surface area contributed by atoms with Gasteiger partial charge >= 0.3 is 5.97 Å². The molecule has 2 rings (SSSR count). The first kappa shape index (κ1) is 12.8. The number of aromatic nitrogens is 2. The van der Waals surface area contributed by atoms with Gasteiger partial charge < -0.3 is 4.74 Å². The van der Waals surface area contributed by atoms with Crippen LogP contribution in [-0.4, -0.2) is 22.4 Å². The highest BCUT2D eigenvalue weighted by molar-refractivity contribution is 9.10. The molecule has 0 N–H and O–H groups in total. The van der Waals surface area contributed by atoms with E-state index in [0.29, 0.717) is 6.61 Å². The number of benzene rings is 1. The van der Waals surface area contributed by atoms with Crippen molar-refractivity contribution in [3.63, 3.8) is 0 Å². The molecular weight excluding hydrogens is 296 g/mol. The molecule has 1 unspecified atom stereocenters. The van der Waals surface area contributed by atoms with Crippen LogP contribution in [0.25, 0.3) is 0 Å². The molecule has 4 nitrogen and oxygen atoms in total. The smallest absolute Gasteiger partial charge is 0.335 e. The lowest BCUT2D eigenvalue weighted by atomic mass is 10.1. The monoisotopic (exact) mass is 308 g/mol. The van der Waals surface area contributed by atoms with E-state index in [4.69, 9.17) is 4.74 Å². The van der Waals surface area contributed by atoms with Crippen molar-refractivity contribution in [2.45, 2.75) is 13.0 Å². The average Bonchev–Trinajstić information content (AvgIpc) is 2.78. The predicted molar refractivity (Wildman–Crippen MR) is 71.1 cm³/mol. The third kappa shape index (κ3) is 2.79. The molecule has 1 aromatic heterocycles. The molecular formula is C13H13BrN2O2. The minimum atomic E-state index is -0.544. The van der Waals surface area contributed by atoms with E-state index in [9.17, 15) is 4.79 Å². The van der Waals surface area contributed by atoms with Gasteiger partial charge in [-0.3, -0.25) is 4.68 Å². The maximum Gasteiger partial charge on any atom is 0.335 e. The van der Waals surface area contributed by atoms with Crippen molar-refractivity contribution in [1.82, 2.24) is 9.78 Å². The van der Waals surface area contributed by atoms with E-state index in [2.05, 4.69) is 21.0 Å². The quantitative estimate of drug-likeness (QED) is 0.816. The van der Waals surface area contributed by atoms with E-state index < -0.39 is 6.04 Å². The number of rotatable bonds is 4. The van der Waals surface area contributed by atoms with Crippen LogP contribution in [-0.2, 0) is 9.53 Å². The van der Waals surface area contributed by atoms with Gasteiger partial charge in [0.25, 0.3) is 0 Å². The third-order valence-electron chi connectivity index (χ3n) is 2.46. The van der Waals surface area contributed by atoms with E-state index in [1.165, 1.54) is 0 Å². The van der Waals surface area contributed by atoms with Crippen molar-refractivity contribution in [2.24, 2.45) is 0 Å². The lowest BCUT2D eigenvalue weighted by Gasteiger charge is -2.16. The van der Waals surface area contributed by atoms with E-state index in [1.807, 2.05) is 30.3 Å². The molecule has 0 saturated carbocycles. The second-order valence-corrected chi connectivity index (χ2v) is 4.62. The zero-order valence-electron chi connectivity index (χ0n) is 9.91. The Bertz CT molecular complexity index is 525. The summed E-state index contributed by atoms with van der Waals surface area (Å²) < 4.78 is 7.53. The van der Waals surface area contributed by atoms with Crippen molar-refractivity contribution in [3.8, 4) is 0 Å². The molecule has 1 atom stereocenters. The van der Waals surface area contributed by atoms with Gasteiger partial charge in [0.05, 0.1) is 17.3 Å². The molecule has 0 spiro atoms. The van der Waals surface area contributed by atoms with Gasteiger partial charge in [-0.2, -0.15) is 5.10 Å². The molecule has 0 aliphatic rings. The van der Waals surface area contributed by atoms with Crippen LogP contribution in [0.15, 0.2) is 47.2 Å². The first-order valence-corrected chi connectivity index (χ1v) is 6.43. The molecule has 1 aromatic carbocycles. The van der Waals surface area contributed by atoms with Gasteiger partial charge in [0.1, 0.15) is 0 Å². The Labute approximate surface area is 114 Å². The van der Waals surface area contributed by atoms with Gasteiger partial charge in [-0.1, -0.05) is 30.3 Å². The first-order chi connectivity index (χ1) is 8.72. The summed E-state index contributed by atoms with van der Waals surface area (Å²) >= 11 is 3.33. The summed E-state index contributed by atoms with van der Waals surface area (Å²) in [5.74, 6) is -0.306. The number of carbonyl (C=O) groups excluding carboxylic acids is 1. The fourth-order valence-electron chi connectivity index (χ4n) is 1.71. The van der Waals surface area contributed by atoms with E-state index in [0.717, 1.165) is 10.0 Å². The molecule has 18 heavy (non-hydrogen) atoms. The lowest BCUT2D eigenvalue weighted by molar-refractivity contribution is -0.146. The molecule has 0 amide bonds. The highest BCUT2D eigenvalue weighted by Gasteiger charge is 2.24. The van der Waals surface area contributed by atoms with Crippen LogP contribution in [0.2, 0.25) is 0 Å². The number of nitrogens with zero attached hydrogens (tertiary/aromatic N) is 2. The molecule has 0 radical (unpaired) electrons. The van der Waals surface area contributed by atoms with Gasteiger partial charge in [-0.25, -0.2) is 4.79 Å². The molecule has 0 fully saturated rings. The first-order valence-electron chi connectivity index (χ1n) is 5.63.